The lowest BCUT2D eigenvalue weighted by atomic mass is 9.84. The lowest BCUT2D eigenvalue weighted by Crippen LogP contribution is -2.26. The highest BCUT2D eigenvalue weighted by Crippen LogP contribution is 2.33. The minimum atomic E-state index is 0.0815. The molecule has 3 nitrogen and oxygen atoms in total. The third-order valence-corrected chi connectivity index (χ3v) is 4.53. The van der Waals surface area contributed by atoms with Crippen LogP contribution in [0, 0.1) is 12.8 Å². The van der Waals surface area contributed by atoms with Crippen molar-refractivity contribution >= 4 is 11.0 Å². The number of hydrogen-bond donors (Lipinski definition) is 1. The number of aryl methyl sites for hydroxylation is 2. The van der Waals surface area contributed by atoms with Gasteiger partial charge in [-0.2, -0.15) is 0 Å². The average molecular weight is 257 g/mol. The molecule has 3 heteroatoms. The van der Waals surface area contributed by atoms with Crippen molar-refractivity contribution in [3.8, 4) is 0 Å². The van der Waals surface area contributed by atoms with E-state index in [1.54, 1.807) is 0 Å². The fourth-order valence-corrected chi connectivity index (χ4v) is 3.33. The standard InChI is InChI=1S/C16H23N3/c1-11-8-9-14-13(10-11)18-16(19(14)2)15(17)12-6-4-3-5-7-12/h8-10,12,15H,3-7,17H2,1-2H3. The van der Waals surface area contributed by atoms with E-state index < -0.39 is 0 Å². The summed E-state index contributed by atoms with van der Waals surface area (Å²) in [6.07, 6.45) is 6.51. The van der Waals surface area contributed by atoms with E-state index in [0.717, 1.165) is 11.3 Å². The predicted molar refractivity (Wildman–Crippen MR) is 79.0 cm³/mol. The molecule has 1 aromatic heterocycles. The van der Waals surface area contributed by atoms with Crippen LogP contribution in [-0.2, 0) is 7.05 Å². The Morgan fingerprint density at radius 2 is 2.00 bits per heavy atom. The van der Waals surface area contributed by atoms with E-state index in [1.165, 1.54) is 43.2 Å². The molecule has 1 heterocycles. The van der Waals surface area contributed by atoms with Gasteiger partial charge in [-0.15, -0.1) is 0 Å². The topological polar surface area (TPSA) is 43.8 Å². The third-order valence-electron chi connectivity index (χ3n) is 4.53. The molecule has 102 valence electrons. The first-order valence-corrected chi connectivity index (χ1v) is 7.35. The SMILES string of the molecule is Cc1ccc2c(c1)nc(C(N)C1CCCCC1)n2C. The summed E-state index contributed by atoms with van der Waals surface area (Å²) in [5, 5.41) is 0. The Balaban J connectivity index is 1.97. The number of aromatic nitrogens is 2. The highest BCUT2D eigenvalue weighted by atomic mass is 15.1. The third kappa shape index (κ3) is 2.27. The predicted octanol–water partition coefficient (Wildman–Crippen LogP) is 3.46. The van der Waals surface area contributed by atoms with Gasteiger partial charge in [0.1, 0.15) is 5.82 Å². The van der Waals surface area contributed by atoms with Gasteiger partial charge in [0.2, 0.25) is 0 Å². The van der Waals surface area contributed by atoms with Crippen LogP contribution in [0.4, 0.5) is 0 Å². The van der Waals surface area contributed by atoms with Gasteiger partial charge >= 0.3 is 0 Å². The Bertz CT molecular complexity index is 579. The van der Waals surface area contributed by atoms with E-state index in [1.807, 2.05) is 0 Å². The average Bonchev–Trinajstić information content (AvgIpc) is 2.75. The lowest BCUT2D eigenvalue weighted by molar-refractivity contribution is 0.298. The first-order valence-electron chi connectivity index (χ1n) is 7.35. The fraction of sp³-hybridized carbons (Fsp3) is 0.562. The maximum atomic E-state index is 6.49. The zero-order valence-corrected chi connectivity index (χ0v) is 11.9. The molecule has 1 fully saturated rings. The zero-order chi connectivity index (χ0) is 13.4. The Morgan fingerprint density at radius 3 is 2.74 bits per heavy atom. The van der Waals surface area contributed by atoms with Crippen molar-refractivity contribution in [2.24, 2.45) is 18.7 Å². The van der Waals surface area contributed by atoms with Crippen molar-refractivity contribution in [3.63, 3.8) is 0 Å². The summed E-state index contributed by atoms with van der Waals surface area (Å²) in [5.74, 6) is 1.65. The monoisotopic (exact) mass is 257 g/mol. The Hall–Kier alpha value is -1.35. The van der Waals surface area contributed by atoms with E-state index in [4.69, 9.17) is 10.7 Å². The van der Waals surface area contributed by atoms with Crippen LogP contribution in [0.2, 0.25) is 0 Å². The number of nitrogens with two attached hydrogens (primary N) is 1. The summed E-state index contributed by atoms with van der Waals surface area (Å²) in [6.45, 7) is 2.11. The van der Waals surface area contributed by atoms with Crippen molar-refractivity contribution < 1.29 is 0 Å². The van der Waals surface area contributed by atoms with Crippen molar-refractivity contribution in [1.29, 1.82) is 0 Å². The van der Waals surface area contributed by atoms with Crippen LogP contribution in [-0.4, -0.2) is 9.55 Å². The van der Waals surface area contributed by atoms with E-state index in [0.29, 0.717) is 5.92 Å². The minimum absolute atomic E-state index is 0.0815. The van der Waals surface area contributed by atoms with Crippen LogP contribution >= 0.6 is 0 Å². The summed E-state index contributed by atoms with van der Waals surface area (Å²) in [7, 11) is 2.09. The van der Waals surface area contributed by atoms with E-state index >= 15 is 0 Å². The van der Waals surface area contributed by atoms with Gasteiger partial charge in [-0.1, -0.05) is 25.3 Å². The van der Waals surface area contributed by atoms with Gasteiger partial charge in [-0.25, -0.2) is 4.98 Å². The normalized spacial score (nSPS) is 18.9. The zero-order valence-electron chi connectivity index (χ0n) is 11.9. The second kappa shape index (κ2) is 4.97. The maximum absolute atomic E-state index is 6.49. The van der Waals surface area contributed by atoms with Crippen molar-refractivity contribution in [1.82, 2.24) is 9.55 Å². The van der Waals surface area contributed by atoms with Gasteiger partial charge in [0, 0.05) is 7.05 Å². The molecule has 3 rings (SSSR count). The summed E-state index contributed by atoms with van der Waals surface area (Å²) in [5.41, 5.74) is 10.0. The van der Waals surface area contributed by atoms with E-state index in [9.17, 15) is 0 Å². The fourth-order valence-electron chi connectivity index (χ4n) is 3.33. The van der Waals surface area contributed by atoms with Gasteiger partial charge in [0.25, 0.3) is 0 Å². The first kappa shape index (κ1) is 12.7. The summed E-state index contributed by atoms with van der Waals surface area (Å²) in [6, 6.07) is 6.51. The molecule has 2 aromatic rings. The number of rotatable bonds is 2. The first-order chi connectivity index (χ1) is 9.16. The van der Waals surface area contributed by atoms with Gasteiger partial charge in [-0.05, 0) is 43.4 Å². The number of fused-ring (bicyclic) bond motifs is 1. The largest absolute Gasteiger partial charge is 0.330 e. The van der Waals surface area contributed by atoms with Crippen LogP contribution in [0.25, 0.3) is 11.0 Å². The number of hydrogen-bond acceptors (Lipinski definition) is 2. The molecule has 1 saturated carbocycles. The molecule has 0 bridgehead atoms. The van der Waals surface area contributed by atoms with E-state index in [-0.39, 0.29) is 6.04 Å². The summed E-state index contributed by atoms with van der Waals surface area (Å²) >= 11 is 0. The molecule has 1 unspecified atom stereocenters. The van der Waals surface area contributed by atoms with Crippen LogP contribution in [0.3, 0.4) is 0 Å². The Labute approximate surface area is 114 Å². The Kier molecular flexibility index (Phi) is 3.31. The molecule has 0 radical (unpaired) electrons. The van der Waals surface area contributed by atoms with Crippen molar-refractivity contribution in [2.75, 3.05) is 0 Å². The molecule has 1 atom stereocenters. The Morgan fingerprint density at radius 1 is 1.26 bits per heavy atom. The second-order valence-corrected chi connectivity index (χ2v) is 5.95. The van der Waals surface area contributed by atoms with Crippen LogP contribution in [0.15, 0.2) is 18.2 Å². The molecule has 1 aliphatic rings. The lowest BCUT2D eigenvalue weighted by Gasteiger charge is -2.27. The van der Waals surface area contributed by atoms with E-state index in [2.05, 4.69) is 36.7 Å². The molecule has 0 saturated heterocycles. The molecule has 0 amide bonds. The van der Waals surface area contributed by atoms with Gasteiger partial charge < -0.3 is 10.3 Å². The number of benzene rings is 1. The van der Waals surface area contributed by atoms with Crippen LogP contribution in [0.5, 0.6) is 0 Å². The molecule has 1 aliphatic carbocycles. The summed E-state index contributed by atoms with van der Waals surface area (Å²) in [4.78, 5) is 4.79. The molecule has 19 heavy (non-hydrogen) atoms. The molecule has 1 aromatic carbocycles. The number of nitrogens with zero attached hydrogens (tertiary/aromatic N) is 2. The number of imidazole rings is 1. The quantitative estimate of drug-likeness (QED) is 0.895. The second-order valence-electron chi connectivity index (χ2n) is 5.95. The maximum Gasteiger partial charge on any atom is 0.126 e. The smallest absolute Gasteiger partial charge is 0.126 e. The highest BCUT2D eigenvalue weighted by Gasteiger charge is 2.25. The van der Waals surface area contributed by atoms with Crippen molar-refractivity contribution in [3.05, 3.63) is 29.6 Å². The molecule has 2 N–H and O–H groups in total. The molecule has 0 spiro atoms. The van der Waals surface area contributed by atoms with Crippen molar-refractivity contribution in [2.45, 2.75) is 45.1 Å². The molecular weight excluding hydrogens is 234 g/mol. The summed E-state index contributed by atoms with van der Waals surface area (Å²) < 4.78 is 2.17. The molecule has 0 aliphatic heterocycles. The van der Waals surface area contributed by atoms with Gasteiger partial charge in [-0.3, -0.25) is 0 Å². The minimum Gasteiger partial charge on any atom is -0.330 e. The van der Waals surface area contributed by atoms with Gasteiger partial charge in [0.15, 0.2) is 0 Å². The van der Waals surface area contributed by atoms with Gasteiger partial charge in [0.05, 0.1) is 17.1 Å². The van der Waals surface area contributed by atoms with Crippen LogP contribution < -0.4 is 5.73 Å². The van der Waals surface area contributed by atoms with Crippen LogP contribution in [0.1, 0.15) is 49.5 Å². The molecular formula is C16H23N3. The highest BCUT2D eigenvalue weighted by molar-refractivity contribution is 5.76.